The Hall–Kier alpha value is -3.72. The number of rotatable bonds is 2. The van der Waals surface area contributed by atoms with Crippen molar-refractivity contribution in [3.05, 3.63) is 69.6 Å². The van der Waals surface area contributed by atoms with Crippen molar-refractivity contribution in [3.8, 4) is 5.75 Å². The minimum absolute atomic E-state index is 0.0105. The molecule has 9 nitrogen and oxygen atoms in total. The van der Waals surface area contributed by atoms with Crippen LogP contribution in [0.2, 0.25) is 0 Å². The third-order valence-electron chi connectivity index (χ3n) is 9.60. The first-order valence-corrected chi connectivity index (χ1v) is 15.8. The number of hydrogen-bond donors (Lipinski definition) is 0. The van der Waals surface area contributed by atoms with Crippen molar-refractivity contribution >= 4 is 22.8 Å². The van der Waals surface area contributed by atoms with Crippen LogP contribution in [-0.4, -0.2) is 76.7 Å². The average molecular weight is 587 g/mol. The summed E-state index contributed by atoms with van der Waals surface area (Å²) in [5, 5.41) is 0. The molecule has 0 aliphatic carbocycles. The zero-order valence-electron chi connectivity index (χ0n) is 25.3. The predicted octanol–water partition coefficient (Wildman–Crippen LogP) is 4.83. The van der Waals surface area contributed by atoms with E-state index in [9.17, 15) is 14.4 Å². The van der Waals surface area contributed by atoms with Crippen molar-refractivity contribution in [2.24, 2.45) is 5.41 Å². The van der Waals surface area contributed by atoms with Gasteiger partial charge in [0.05, 0.1) is 30.3 Å². The smallest absolute Gasteiger partial charge is 0.272 e. The lowest BCUT2D eigenvalue weighted by Crippen LogP contribution is -2.45. The van der Waals surface area contributed by atoms with E-state index in [1.54, 1.807) is 11.5 Å². The summed E-state index contributed by atoms with van der Waals surface area (Å²) < 4.78 is 14.2. The number of carbonyl (C=O) groups excluding carboxylic acids is 2. The van der Waals surface area contributed by atoms with Crippen LogP contribution in [0.1, 0.15) is 78.3 Å². The number of hydrogen-bond acceptors (Lipinski definition) is 6. The monoisotopic (exact) mass is 586 g/mol. The fourth-order valence-corrected chi connectivity index (χ4v) is 6.98. The Morgan fingerprint density at radius 2 is 1.86 bits per heavy atom. The molecule has 3 aliphatic rings. The average Bonchev–Trinajstić information content (AvgIpc) is 3.50. The van der Waals surface area contributed by atoms with Gasteiger partial charge in [-0.2, -0.15) is 0 Å². The van der Waals surface area contributed by atoms with Gasteiger partial charge in [-0.1, -0.05) is 12.5 Å². The van der Waals surface area contributed by atoms with Crippen LogP contribution in [0.25, 0.3) is 11.0 Å². The summed E-state index contributed by atoms with van der Waals surface area (Å²) in [6, 6.07) is 13.2. The minimum atomic E-state index is -0.0957. The normalized spacial score (nSPS) is 21.3. The maximum Gasteiger partial charge on any atom is 0.272 e. The molecule has 1 spiro atoms. The van der Waals surface area contributed by atoms with Gasteiger partial charge < -0.3 is 23.8 Å². The second-order valence-electron chi connectivity index (χ2n) is 12.4. The zero-order valence-corrected chi connectivity index (χ0v) is 25.3. The topological polar surface area (TPSA) is 94.0 Å². The van der Waals surface area contributed by atoms with Crippen molar-refractivity contribution < 1.29 is 19.1 Å². The third kappa shape index (κ3) is 6.05. The maximum atomic E-state index is 13.6. The van der Waals surface area contributed by atoms with Gasteiger partial charge in [-0.15, -0.1) is 0 Å². The minimum Gasteiger partial charge on any atom is -0.493 e. The van der Waals surface area contributed by atoms with Crippen molar-refractivity contribution in [2.75, 3.05) is 39.5 Å². The zero-order chi connectivity index (χ0) is 30.0. The van der Waals surface area contributed by atoms with Crippen LogP contribution in [0, 0.1) is 12.3 Å². The second-order valence-corrected chi connectivity index (χ2v) is 12.4. The van der Waals surface area contributed by atoms with E-state index in [4.69, 9.17) is 9.47 Å². The number of fused-ring (bicyclic) bond motifs is 4. The molecule has 2 bridgehead atoms. The molecule has 0 saturated carbocycles. The number of likely N-dealkylation sites (tertiary alicyclic amines) is 1. The quantitative estimate of drug-likeness (QED) is 0.427. The first-order valence-electron chi connectivity index (χ1n) is 15.8. The van der Waals surface area contributed by atoms with E-state index in [2.05, 4.69) is 4.98 Å². The predicted molar refractivity (Wildman–Crippen MR) is 165 cm³/mol. The fraction of sp³-hybridized carbons (Fsp3) is 0.529. The highest BCUT2D eigenvalue weighted by Gasteiger charge is 2.37. The van der Waals surface area contributed by atoms with Crippen LogP contribution in [0.15, 0.2) is 47.3 Å². The number of amides is 2. The molecule has 0 N–H and O–H groups in total. The SMILES string of the molecule is CCn1c(=O)c(C)nc2cc(C(=O)N3CCC4(CCCCOC[C@@H]5CCCN5C(=O)c5cccc(c5)OC4)CC3)ccc21. The van der Waals surface area contributed by atoms with Crippen molar-refractivity contribution in [2.45, 2.75) is 71.4 Å². The Balaban J connectivity index is 1.17. The number of benzene rings is 2. The second kappa shape index (κ2) is 12.5. The number of aryl methyl sites for hydroxylation is 2. The molecule has 1 aromatic heterocycles. The van der Waals surface area contributed by atoms with Gasteiger partial charge >= 0.3 is 0 Å². The largest absolute Gasteiger partial charge is 0.493 e. The maximum absolute atomic E-state index is 13.6. The summed E-state index contributed by atoms with van der Waals surface area (Å²) in [5.41, 5.74) is 2.94. The summed E-state index contributed by atoms with van der Waals surface area (Å²) in [6.45, 7) is 8.09. The van der Waals surface area contributed by atoms with Crippen LogP contribution >= 0.6 is 0 Å². The molecule has 2 amide bonds. The molecular formula is C34H42N4O5. The lowest BCUT2D eigenvalue weighted by Gasteiger charge is -2.42. The summed E-state index contributed by atoms with van der Waals surface area (Å²) in [7, 11) is 0. The van der Waals surface area contributed by atoms with Crippen LogP contribution in [0.4, 0.5) is 0 Å². The summed E-state index contributed by atoms with van der Waals surface area (Å²) in [6.07, 6.45) is 6.67. The van der Waals surface area contributed by atoms with Gasteiger partial charge in [0.15, 0.2) is 0 Å². The molecule has 2 saturated heterocycles. The molecule has 2 aromatic carbocycles. The van der Waals surface area contributed by atoms with Gasteiger partial charge in [0.1, 0.15) is 11.4 Å². The fourth-order valence-electron chi connectivity index (χ4n) is 6.98. The lowest BCUT2D eigenvalue weighted by atomic mass is 9.75. The molecule has 3 aromatic rings. The molecule has 0 unspecified atom stereocenters. The number of ether oxygens (including phenoxy) is 2. The van der Waals surface area contributed by atoms with E-state index in [0.29, 0.717) is 61.8 Å². The summed E-state index contributed by atoms with van der Waals surface area (Å²) in [4.78, 5) is 47.8. The molecule has 2 fully saturated rings. The Labute approximate surface area is 252 Å². The standard InChI is InChI=1S/C34H42N4O5/c1-3-37-30-12-11-26(21-29(30)35-24(2)31(37)39)32(40)36-17-14-34(15-18-36)13-4-5-19-42-22-27-9-7-16-38(27)33(41)25-8-6-10-28(20-25)43-23-34/h6,8,10-12,20-21,27H,3-5,7,9,13-19,22-23H2,1-2H3/t27-/m0/s1. The van der Waals surface area contributed by atoms with E-state index in [1.165, 1.54) is 0 Å². The highest BCUT2D eigenvalue weighted by Crippen LogP contribution is 2.38. The molecular weight excluding hydrogens is 544 g/mol. The molecule has 3 aliphatic heterocycles. The highest BCUT2D eigenvalue weighted by atomic mass is 16.5. The first kappa shape index (κ1) is 29.4. The number of aromatic nitrogens is 2. The van der Waals surface area contributed by atoms with E-state index in [1.807, 2.05) is 59.2 Å². The van der Waals surface area contributed by atoms with Crippen LogP contribution in [0.3, 0.4) is 0 Å². The third-order valence-corrected chi connectivity index (χ3v) is 9.60. The highest BCUT2D eigenvalue weighted by molar-refractivity contribution is 5.97. The molecule has 1 atom stereocenters. The molecule has 43 heavy (non-hydrogen) atoms. The summed E-state index contributed by atoms with van der Waals surface area (Å²) in [5.74, 6) is 0.753. The molecule has 6 rings (SSSR count). The van der Waals surface area contributed by atoms with Gasteiger partial charge in [-0.05, 0) is 88.8 Å². The number of carbonyl (C=O) groups is 2. The van der Waals surface area contributed by atoms with Gasteiger partial charge in [0.2, 0.25) is 0 Å². The number of nitrogens with zero attached hydrogens (tertiary/aromatic N) is 4. The molecule has 4 heterocycles. The van der Waals surface area contributed by atoms with Crippen LogP contribution in [-0.2, 0) is 11.3 Å². The molecule has 228 valence electrons. The van der Waals surface area contributed by atoms with E-state index in [0.717, 1.165) is 62.8 Å². The van der Waals surface area contributed by atoms with Crippen molar-refractivity contribution in [1.82, 2.24) is 19.4 Å². The van der Waals surface area contributed by atoms with Crippen LogP contribution in [0.5, 0.6) is 5.75 Å². The lowest BCUT2D eigenvalue weighted by molar-refractivity contribution is 0.0332. The first-order chi connectivity index (χ1) is 20.9. The van der Waals surface area contributed by atoms with Gasteiger partial charge in [0.25, 0.3) is 17.4 Å². The van der Waals surface area contributed by atoms with Crippen molar-refractivity contribution in [1.29, 1.82) is 0 Å². The summed E-state index contributed by atoms with van der Waals surface area (Å²) >= 11 is 0. The van der Waals surface area contributed by atoms with Gasteiger partial charge in [-0.3, -0.25) is 14.4 Å². The van der Waals surface area contributed by atoms with Gasteiger partial charge in [-0.25, -0.2) is 4.98 Å². The Morgan fingerprint density at radius 1 is 1.02 bits per heavy atom. The van der Waals surface area contributed by atoms with E-state index >= 15 is 0 Å². The van der Waals surface area contributed by atoms with Gasteiger partial charge in [0, 0.05) is 49.3 Å². The van der Waals surface area contributed by atoms with E-state index < -0.39 is 0 Å². The van der Waals surface area contributed by atoms with Crippen LogP contribution < -0.4 is 10.3 Å². The Bertz CT molecular complexity index is 1560. The molecule has 9 heteroatoms. The Morgan fingerprint density at radius 3 is 2.67 bits per heavy atom. The number of piperidine rings is 1. The van der Waals surface area contributed by atoms with Crippen molar-refractivity contribution in [3.63, 3.8) is 0 Å². The molecule has 0 radical (unpaired) electrons. The van der Waals surface area contributed by atoms with E-state index in [-0.39, 0.29) is 28.8 Å². The Kier molecular flexibility index (Phi) is 8.52.